The molecule has 0 N–H and O–H groups in total. The Morgan fingerprint density at radius 3 is 2.53 bits per heavy atom. The molecule has 0 radical (unpaired) electrons. The summed E-state index contributed by atoms with van der Waals surface area (Å²) < 4.78 is 0. The van der Waals surface area contributed by atoms with Gasteiger partial charge in [-0.1, -0.05) is 34.1 Å². The average Bonchev–Trinajstić information content (AvgIpc) is 2.44. The molecule has 0 aromatic heterocycles. The zero-order valence-electron chi connectivity index (χ0n) is 10.8. The highest BCUT2D eigenvalue weighted by Crippen LogP contribution is 2.31. The summed E-state index contributed by atoms with van der Waals surface area (Å²) in [5.74, 6) is 1.70. The van der Waals surface area contributed by atoms with Crippen LogP contribution in [0.5, 0.6) is 0 Å². The van der Waals surface area contributed by atoms with Crippen LogP contribution in [0.15, 0.2) is 0 Å². The Morgan fingerprint density at radius 1 is 1.40 bits per heavy atom. The van der Waals surface area contributed by atoms with Crippen molar-refractivity contribution in [2.24, 2.45) is 17.3 Å². The maximum Gasteiger partial charge on any atom is 0.135 e. The number of carbonyl (C=O) groups is 1. The predicted molar refractivity (Wildman–Crippen MR) is 64.8 cm³/mol. The highest BCUT2D eigenvalue weighted by molar-refractivity contribution is 5.82. The van der Waals surface area contributed by atoms with Crippen LogP contribution in [-0.4, -0.2) is 5.78 Å². The number of hydrogen-bond donors (Lipinski definition) is 0. The van der Waals surface area contributed by atoms with Gasteiger partial charge in [0.25, 0.3) is 0 Å². The Balaban J connectivity index is 2.22. The van der Waals surface area contributed by atoms with Gasteiger partial charge in [-0.05, 0) is 37.0 Å². The van der Waals surface area contributed by atoms with Crippen LogP contribution < -0.4 is 0 Å². The third-order valence-electron chi connectivity index (χ3n) is 3.40. The van der Waals surface area contributed by atoms with Gasteiger partial charge < -0.3 is 0 Å². The minimum Gasteiger partial charge on any atom is -0.299 e. The fourth-order valence-corrected chi connectivity index (χ4v) is 2.83. The Kier molecular flexibility index (Phi) is 4.36. The van der Waals surface area contributed by atoms with Gasteiger partial charge in [-0.3, -0.25) is 4.79 Å². The van der Waals surface area contributed by atoms with Gasteiger partial charge in [-0.15, -0.1) is 0 Å². The van der Waals surface area contributed by atoms with Gasteiger partial charge in [0.15, 0.2) is 0 Å². The van der Waals surface area contributed by atoms with Crippen molar-refractivity contribution >= 4 is 5.78 Å². The fourth-order valence-electron chi connectivity index (χ4n) is 2.83. The zero-order chi connectivity index (χ0) is 11.5. The highest BCUT2D eigenvalue weighted by atomic mass is 16.1. The van der Waals surface area contributed by atoms with Crippen LogP contribution in [-0.2, 0) is 4.79 Å². The van der Waals surface area contributed by atoms with Gasteiger partial charge in [0.05, 0.1) is 0 Å². The molecule has 0 saturated heterocycles. The Labute approximate surface area is 94.6 Å². The summed E-state index contributed by atoms with van der Waals surface area (Å²) in [7, 11) is 0. The van der Waals surface area contributed by atoms with Crippen molar-refractivity contribution in [2.45, 2.75) is 66.2 Å². The Morgan fingerprint density at radius 2 is 2.07 bits per heavy atom. The first-order valence-corrected chi connectivity index (χ1v) is 6.41. The van der Waals surface area contributed by atoms with Crippen LogP contribution in [0.25, 0.3) is 0 Å². The van der Waals surface area contributed by atoms with Gasteiger partial charge in [-0.2, -0.15) is 0 Å². The van der Waals surface area contributed by atoms with Crippen molar-refractivity contribution < 1.29 is 4.79 Å². The van der Waals surface area contributed by atoms with Crippen LogP contribution in [0.3, 0.4) is 0 Å². The van der Waals surface area contributed by atoms with Crippen LogP contribution in [0.2, 0.25) is 0 Å². The second-order valence-corrected chi connectivity index (χ2v) is 6.50. The minimum atomic E-state index is 0.410. The summed E-state index contributed by atoms with van der Waals surface area (Å²) >= 11 is 0. The van der Waals surface area contributed by atoms with Crippen molar-refractivity contribution in [3.63, 3.8) is 0 Å². The van der Waals surface area contributed by atoms with E-state index in [4.69, 9.17) is 0 Å². The molecule has 1 rings (SSSR count). The lowest BCUT2D eigenvalue weighted by Gasteiger charge is -2.23. The first-order valence-electron chi connectivity index (χ1n) is 6.41. The van der Waals surface area contributed by atoms with E-state index in [9.17, 15) is 4.79 Å². The molecule has 0 aliphatic heterocycles. The van der Waals surface area contributed by atoms with E-state index in [0.29, 0.717) is 17.1 Å². The number of ketones is 1. The molecule has 1 fully saturated rings. The SMILES string of the molecule is CC(CCC1CCCC1=O)CC(C)(C)C. The molecular weight excluding hydrogens is 184 g/mol. The lowest BCUT2D eigenvalue weighted by molar-refractivity contribution is -0.120. The predicted octanol–water partition coefficient (Wildman–Crippen LogP) is 4.21. The third-order valence-corrected chi connectivity index (χ3v) is 3.40. The van der Waals surface area contributed by atoms with E-state index in [1.165, 1.54) is 12.8 Å². The molecule has 1 aliphatic carbocycles. The van der Waals surface area contributed by atoms with Gasteiger partial charge in [0.2, 0.25) is 0 Å². The lowest BCUT2D eigenvalue weighted by atomic mass is 9.82. The van der Waals surface area contributed by atoms with E-state index in [1.807, 2.05) is 0 Å². The van der Waals surface area contributed by atoms with Gasteiger partial charge >= 0.3 is 0 Å². The van der Waals surface area contributed by atoms with Crippen LogP contribution in [0.1, 0.15) is 66.2 Å². The van der Waals surface area contributed by atoms with E-state index in [0.717, 1.165) is 31.6 Å². The molecular formula is C14H26O. The smallest absolute Gasteiger partial charge is 0.135 e. The van der Waals surface area contributed by atoms with Crippen LogP contribution in [0.4, 0.5) is 0 Å². The van der Waals surface area contributed by atoms with E-state index in [-0.39, 0.29) is 0 Å². The Hall–Kier alpha value is -0.330. The van der Waals surface area contributed by atoms with Crippen molar-refractivity contribution in [2.75, 3.05) is 0 Å². The molecule has 1 nitrogen and oxygen atoms in total. The molecule has 0 amide bonds. The van der Waals surface area contributed by atoms with Crippen molar-refractivity contribution in [3.8, 4) is 0 Å². The summed E-state index contributed by atoms with van der Waals surface area (Å²) in [6, 6.07) is 0. The molecule has 0 heterocycles. The summed E-state index contributed by atoms with van der Waals surface area (Å²) in [5, 5.41) is 0. The van der Waals surface area contributed by atoms with Gasteiger partial charge in [0.1, 0.15) is 5.78 Å². The van der Waals surface area contributed by atoms with Crippen molar-refractivity contribution in [3.05, 3.63) is 0 Å². The van der Waals surface area contributed by atoms with Crippen LogP contribution >= 0.6 is 0 Å². The fraction of sp³-hybridized carbons (Fsp3) is 0.929. The Bertz CT molecular complexity index is 212. The number of hydrogen-bond acceptors (Lipinski definition) is 1. The van der Waals surface area contributed by atoms with Crippen molar-refractivity contribution in [1.82, 2.24) is 0 Å². The number of Topliss-reactive ketones (excluding diaryl/α,β-unsaturated/α-hetero) is 1. The second kappa shape index (κ2) is 5.14. The molecule has 0 aromatic rings. The molecule has 1 heteroatoms. The lowest BCUT2D eigenvalue weighted by Crippen LogP contribution is -2.13. The first-order chi connectivity index (χ1) is 6.88. The maximum absolute atomic E-state index is 11.5. The summed E-state index contributed by atoms with van der Waals surface area (Å²) in [6.45, 7) is 9.21. The summed E-state index contributed by atoms with van der Waals surface area (Å²) in [6.07, 6.45) is 6.77. The molecule has 88 valence electrons. The minimum absolute atomic E-state index is 0.410. The molecule has 2 unspecified atom stereocenters. The molecule has 1 aliphatic rings. The van der Waals surface area contributed by atoms with Crippen LogP contribution in [0, 0.1) is 17.3 Å². The molecule has 0 spiro atoms. The van der Waals surface area contributed by atoms with Gasteiger partial charge in [0, 0.05) is 12.3 Å². The third kappa shape index (κ3) is 4.81. The number of rotatable bonds is 4. The standard InChI is InChI=1S/C14H26O/c1-11(10-14(2,3)4)8-9-12-6-5-7-13(12)15/h11-12H,5-10H2,1-4H3. The monoisotopic (exact) mass is 210 g/mol. The largest absolute Gasteiger partial charge is 0.299 e. The molecule has 0 aromatic carbocycles. The number of carbonyl (C=O) groups excluding carboxylic acids is 1. The zero-order valence-corrected chi connectivity index (χ0v) is 10.8. The molecule has 15 heavy (non-hydrogen) atoms. The quantitative estimate of drug-likeness (QED) is 0.679. The summed E-state index contributed by atoms with van der Waals surface area (Å²) in [5.41, 5.74) is 0.430. The molecule has 0 bridgehead atoms. The van der Waals surface area contributed by atoms with E-state index >= 15 is 0 Å². The maximum atomic E-state index is 11.5. The average molecular weight is 210 g/mol. The topological polar surface area (TPSA) is 17.1 Å². The van der Waals surface area contributed by atoms with E-state index < -0.39 is 0 Å². The van der Waals surface area contributed by atoms with Crippen molar-refractivity contribution in [1.29, 1.82) is 0 Å². The van der Waals surface area contributed by atoms with E-state index in [2.05, 4.69) is 27.7 Å². The summed E-state index contributed by atoms with van der Waals surface area (Å²) in [4.78, 5) is 11.5. The molecule has 2 atom stereocenters. The second-order valence-electron chi connectivity index (χ2n) is 6.50. The first kappa shape index (κ1) is 12.7. The molecule has 1 saturated carbocycles. The highest BCUT2D eigenvalue weighted by Gasteiger charge is 2.25. The van der Waals surface area contributed by atoms with Gasteiger partial charge in [-0.25, -0.2) is 0 Å². The van der Waals surface area contributed by atoms with E-state index in [1.54, 1.807) is 0 Å². The normalized spacial score (nSPS) is 24.5.